The van der Waals surface area contributed by atoms with Gasteiger partial charge < -0.3 is 10.0 Å². The maximum atomic E-state index is 13.8. The van der Waals surface area contributed by atoms with E-state index in [2.05, 4.69) is 29.2 Å². The van der Waals surface area contributed by atoms with Gasteiger partial charge in [0.05, 0.1) is 5.69 Å². The molecule has 0 aliphatic heterocycles. The van der Waals surface area contributed by atoms with Crippen molar-refractivity contribution in [3.8, 4) is 0 Å². The molecule has 0 aromatic heterocycles. The van der Waals surface area contributed by atoms with Crippen LogP contribution in [-0.4, -0.2) is 10.9 Å². The molecule has 1 aliphatic carbocycles. The number of carbonyl (C=O) groups is 1. The summed E-state index contributed by atoms with van der Waals surface area (Å²) in [7, 11) is 0. The standard InChI is InChI=1S/C36H25NO2/c38-35-29-19-9-10-20-31(29)36(39,33-24-26-14-8-7-13-25(26)23-30(33)35)32-21-11-12-22-34(32)37(27-15-3-1-4-16-27)28-17-5-2-6-18-28/h1-24,39H/t36-/m0/s1. The molecule has 0 amide bonds. The monoisotopic (exact) mass is 503 g/mol. The zero-order valence-electron chi connectivity index (χ0n) is 21.2. The van der Waals surface area contributed by atoms with E-state index >= 15 is 0 Å². The maximum absolute atomic E-state index is 13.8. The Balaban J connectivity index is 1.56. The number of para-hydroxylation sites is 3. The summed E-state index contributed by atoms with van der Waals surface area (Å²) in [5.74, 6) is -0.0727. The molecular formula is C36H25NO2. The average Bonchev–Trinajstić information content (AvgIpc) is 3.01. The molecular weight excluding hydrogens is 478 g/mol. The summed E-state index contributed by atoms with van der Waals surface area (Å²) in [5.41, 5.74) is 4.14. The number of carbonyl (C=O) groups excluding carboxylic acids is 1. The first-order valence-corrected chi connectivity index (χ1v) is 13.1. The Kier molecular flexibility index (Phi) is 5.39. The minimum absolute atomic E-state index is 0.0727. The van der Waals surface area contributed by atoms with Gasteiger partial charge in [-0.25, -0.2) is 0 Å². The highest BCUT2D eigenvalue weighted by Gasteiger charge is 2.45. The van der Waals surface area contributed by atoms with Crippen LogP contribution in [0.1, 0.15) is 32.6 Å². The Labute approximate surface area is 227 Å². The molecule has 3 nitrogen and oxygen atoms in total. The number of aliphatic hydroxyl groups is 1. The highest BCUT2D eigenvalue weighted by atomic mass is 16.3. The Hall–Kier alpha value is -4.99. The second kappa shape index (κ2) is 9.09. The molecule has 0 radical (unpaired) electrons. The molecule has 6 aromatic rings. The summed E-state index contributed by atoms with van der Waals surface area (Å²) in [6.45, 7) is 0. The second-order valence-electron chi connectivity index (χ2n) is 9.85. The van der Waals surface area contributed by atoms with Gasteiger partial charge >= 0.3 is 0 Å². The van der Waals surface area contributed by atoms with Crippen LogP contribution in [0.5, 0.6) is 0 Å². The van der Waals surface area contributed by atoms with Gasteiger partial charge in [0, 0.05) is 39.2 Å². The number of nitrogens with zero attached hydrogens (tertiary/aromatic N) is 1. The van der Waals surface area contributed by atoms with Crippen molar-refractivity contribution < 1.29 is 9.90 Å². The number of rotatable bonds is 4. The fraction of sp³-hybridized carbons (Fsp3) is 0.0278. The van der Waals surface area contributed by atoms with Gasteiger partial charge in [0.25, 0.3) is 0 Å². The summed E-state index contributed by atoms with van der Waals surface area (Å²) >= 11 is 0. The number of benzene rings is 6. The molecule has 0 spiro atoms. The third-order valence-corrected chi connectivity index (χ3v) is 7.65. The van der Waals surface area contributed by atoms with Crippen molar-refractivity contribution in [2.75, 3.05) is 4.90 Å². The lowest BCUT2D eigenvalue weighted by atomic mass is 9.69. The van der Waals surface area contributed by atoms with E-state index in [0.29, 0.717) is 27.8 Å². The van der Waals surface area contributed by atoms with Crippen LogP contribution in [0.25, 0.3) is 10.8 Å². The van der Waals surface area contributed by atoms with E-state index in [1.807, 2.05) is 121 Å². The molecule has 6 aromatic carbocycles. The van der Waals surface area contributed by atoms with Gasteiger partial charge in [-0.05, 0) is 53.2 Å². The van der Waals surface area contributed by atoms with Crippen molar-refractivity contribution in [3.63, 3.8) is 0 Å². The molecule has 1 N–H and O–H groups in total. The molecule has 186 valence electrons. The van der Waals surface area contributed by atoms with Gasteiger partial charge in [-0.1, -0.05) is 103 Å². The van der Waals surface area contributed by atoms with Crippen molar-refractivity contribution in [1.29, 1.82) is 0 Å². The van der Waals surface area contributed by atoms with Gasteiger partial charge in [0.15, 0.2) is 5.78 Å². The SMILES string of the molecule is O=C1c2ccccc2[C@](O)(c2ccccc2N(c2ccccc2)c2ccccc2)c2cc3ccccc3cc21. The van der Waals surface area contributed by atoms with Crippen LogP contribution in [0.15, 0.2) is 146 Å². The molecule has 1 atom stereocenters. The van der Waals surface area contributed by atoms with Crippen LogP contribution in [0.2, 0.25) is 0 Å². The van der Waals surface area contributed by atoms with Crippen LogP contribution in [0.4, 0.5) is 17.1 Å². The van der Waals surface area contributed by atoms with Crippen LogP contribution in [0.3, 0.4) is 0 Å². The third kappa shape index (κ3) is 3.59. The van der Waals surface area contributed by atoms with E-state index in [1.165, 1.54) is 0 Å². The predicted octanol–water partition coefficient (Wildman–Crippen LogP) is 8.14. The average molecular weight is 504 g/mol. The van der Waals surface area contributed by atoms with E-state index in [0.717, 1.165) is 27.8 Å². The van der Waals surface area contributed by atoms with Gasteiger partial charge in [-0.3, -0.25) is 4.79 Å². The Morgan fingerprint density at radius 1 is 0.487 bits per heavy atom. The van der Waals surface area contributed by atoms with Gasteiger partial charge in [-0.15, -0.1) is 0 Å². The lowest BCUT2D eigenvalue weighted by Gasteiger charge is -2.39. The first-order valence-electron chi connectivity index (χ1n) is 13.1. The Bertz CT molecular complexity index is 1810. The lowest BCUT2D eigenvalue weighted by molar-refractivity contribution is 0.0951. The van der Waals surface area contributed by atoms with E-state index in [1.54, 1.807) is 0 Å². The van der Waals surface area contributed by atoms with Gasteiger partial charge in [0.2, 0.25) is 0 Å². The fourth-order valence-corrected chi connectivity index (χ4v) is 5.86. The summed E-state index contributed by atoms with van der Waals surface area (Å²) < 4.78 is 0. The van der Waals surface area contributed by atoms with Crippen molar-refractivity contribution in [1.82, 2.24) is 0 Å². The highest BCUT2D eigenvalue weighted by Crippen LogP contribution is 2.50. The topological polar surface area (TPSA) is 40.5 Å². The summed E-state index contributed by atoms with van der Waals surface area (Å²) in [4.78, 5) is 16.0. The van der Waals surface area contributed by atoms with Crippen LogP contribution in [0, 0.1) is 0 Å². The zero-order chi connectivity index (χ0) is 26.4. The number of anilines is 3. The quantitative estimate of drug-likeness (QED) is 0.264. The largest absolute Gasteiger partial charge is 0.376 e. The van der Waals surface area contributed by atoms with E-state index in [4.69, 9.17) is 0 Å². The van der Waals surface area contributed by atoms with Crippen molar-refractivity contribution in [2.45, 2.75) is 5.60 Å². The zero-order valence-corrected chi connectivity index (χ0v) is 21.2. The molecule has 0 fully saturated rings. The molecule has 1 aliphatic rings. The van der Waals surface area contributed by atoms with Crippen LogP contribution in [-0.2, 0) is 5.60 Å². The minimum Gasteiger partial charge on any atom is -0.376 e. The first-order chi connectivity index (χ1) is 19.2. The number of hydrogen-bond acceptors (Lipinski definition) is 3. The van der Waals surface area contributed by atoms with Gasteiger partial charge in [0.1, 0.15) is 5.60 Å². The lowest BCUT2D eigenvalue weighted by Crippen LogP contribution is -2.37. The minimum atomic E-state index is -1.57. The first kappa shape index (κ1) is 23.2. The maximum Gasteiger partial charge on any atom is 0.193 e. The number of hydrogen-bond donors (Lipinski definition) is 1. The number of fused-ring (bicyclic) bond motifs is 3. The smallest absolute Gasteiger partial charge is 0.193 e. The van der Waals surface area contributed by atoms with Crippen molar-refractivity contribution in [3.05, 3.63) is 173 Å². The highest BCUT2D eigenvalue weighted by molar-refractivity contribution is 6.15. The molecule has 0 heterocycles. The molecule has 0 unspecified atom stereocenters. The normalized spacial score (nSPS) is 16.0. The van der Waals surface area contributed by atoms with E-state index < -0.39 is 5.60 Å². The molecule has 0 bridgehead atoms. The Morgan fingerprint density at radius 2 is 1.00 bits per heavy atom. The van der Waals surface area contributed by atoms with Gasteiger partial charge in [-0.2, -0.15) is 0 Å². The molecule has 7 rings (SSSR count). The fourth-order valence-electron chi connectivity index (χ4n) is 5.86. The summed E-state index contributed by atoms with van der Waals surface area (Å²) in [6.07, 6.45) is 0. The number of ketones is 1. The Morgan fingerprint density at radius 3 is 1.67 bits per heavy atom. The second-order valence-corrected chi connectivity index (χ2v) is 9.85. The van der Waals surface area contributed by atoms with Crippen LogP contribution < -0.4 is 4.90 Å². The van der Waals surface area contributed by atoms with Crippen LogP contribution >= 0.6 is 0 Å². The molecule has 39 heavy (non-hydrogen) atoms. The molecule has 3 heteroatoms. The molecule has 0 saturated heterocycles. The van der Waals surface area contributed by atoms with E-state index in [-0.39, 0.29) is 5.78 Å². The summed E-state index contributed by atoms with van der Waals surface area (Å²) in [6, 6.07) is 47.5. The molecule has 0 saturated carbocycles. The third-order valence-electron chi connectivity index (χ3n) is 7.65. The van der Waals surface area contributed by atoms with E-state index in [9.17, 15) is 9.90 Å². The van der Waals surface area contributed by atoms with Crippen molar-refractivity contribution in [2.24, 2.45) is 0 Å². The van der Waals surface area contributed by atoms with Crippen molar-refractivity contribution >= 4 is 33.6 Å². The predicted molar refractivity (Wildman–Crippen MR) is 157 cm³/mol. The summed E-state index contributed by atoms with van der Waals surface area (Å²) in [5, 5.41) is 15.0.